The molecule has 7 aromatic carbocycles. The number of aryl methyl sites for hydroxylation is 1. The molecule has 28 heteroatoms. The summed E-state index contributed by atoms with van der Waals surface area (Å²) in [5.41, 5.74) is 2.95. The smallest absolute Gasteiger partial charge is 0.295 e. The number of nitrogens with one attached hydrogen (secondary N) is 2. The molecule has 0 radical (unpaired) electrons. The van der Waals surface area contributed by atoms with Gasteiger partial charge in [-0.05, 0) is 121 Å². The lowest BCUT2D eigenvalue weighted by atomic mass is 10.1. The summed E-state index contributed by atoms with van der Waals surface area (Å²) in [6.07, 6.45) is 0. The van der Waals surface area contributed by atoms with Crippen LogP contribution in [0.15, 0.2) is 190 Å². The summed E-state index contributed by atoms with van der Waals surface area (Å²) >= 11 is 1.02. The Bertz CT molecular complexity index is 4490. The van der Waals surface area contributed by atoms with Gasteiger partial charge in [0.1, 0.15) is 27.2 Å². The maximum atomic E-state index is 12.3. The van der Waals surface area contributed by atoms with Gasteiger partial charge in [-0.3, -0.25) is 18.2 Å². The van der Waals surface area contributed by atoms with Gasteiger partial charge < -0.3 is 10.6 Å². The number of hydrogen-bond donors (Lipinski definition) is 6. The zero-order valence-corrected chi connectivity index (χ0v) is 43.5. The van der Waals surface area contributed by atoms with E-state index in [9.17, 15) is 57.1 Å². The fourth-order valence-electron chi connectivity index (χ4n) is 7.69. The van der Waals surface area contributed by atoms with Gasteiger partial charge in [0, 0.05) is 33.3 Å². The average molecular weight is 1130 g/mol. The third-order valence-electron chi connectivity index (χ3n) is 11.4. The van der Waals surface area contributed by atoms with Crippen LogP contribution in [0.1, 0.15) is 16.7 Å². The van der Waals surface area contributed by atoms with Crippen LogP contribution in [0.2, 0.25) is 0 Å². The summed E-state index contributed by atoms with van der Waals surface area (Å²) in [4.78, 5) is 7.42. The van der Waals surface area contributed by atoms with Gasteiger partial charge in [-0.1, -0.05) is 59.9 Å². The molecule has 0 atom stereocenters. The molecule has 0 aliphatic heterocycles. The molecule has 6 N–H and O–H groups in total. The van der Waals surface area contributed by atoms with Gasteiger partial charge in [-0.15, -0.1) is 20.5 Å². The Kier molecular flexibility index (Phi) is 14.4. The van der Waals surface area contributed by atoms with Crippen molar-refractivity contribution in [3.63, 3.8) is 0 Å². The fourth-order valence-corrected chi connectivity index (χ4v) is 10.8. The second-order valence-corrected chi connectivity index (χ2v) is 23.1. The first-order chi connectivity index (χ1) is 36.4. The first-order valence-electron chi connectivity index (χ1n) is 21.9. The second kappa shape index (κ2) is 20.8. The molecular formula is C49H35N11O12S5. The molecule has 0 bridgehead atoms. The van der Waals surface area contributed by atoms with Crippen molar-refractivity contribution in [1.82, 2.24) is 9.97 Å². The quantitative estimate of drug-likeness (QED) is 0.0410. The predicted octanol–water partition coefficient (Wildman–Crippen LogP) is 12.7. The van der Waals surface area contributed by atoms with Gasteiger partial charge in [-0.25, -0.2) is 9.97 Å². The highest BCUT2D eigenvalue weighted by atomic mass is 32.2. The van der Waals surface area contributed by atoms with E-state index in [0.717, 1.165) is 58.5 Å². The van der Waals surface area contributed by atoms with Crippen molar-refractivity contribution in [2.75, 3.05) is 10.6 Å². The molecule has 0 saturated carbocycles. The minimum Gasteiger partial charge on any atom is -0.339 e. The van der Waals surface area contributed by atoms with Gasteiger partial charge in [0.25, 0.3) is 40.5 Å². The molecule has 0 unspecified atom stereocenters. The van der Waals surface area contributed by atoms with Crippen LogP contribution in [0.3, 0.4) is 0 Å². The summed E-state index contributed by atoms with van der Waals surface area (Å²) in [5, 5.41) is 44.7. The molecule has 77 heavy (non-hydrogen) atoms. The Morgan fingerprint density at radius 2 is 1.16 bits per heavy atom. The lowest BCUT2D eigenvalue weighted by Crippen LogP contribution is -2.05. The van der Waals surface area contributed by atoms with Crippen molar-refractivity contribution < 1.29 is 51.9 Å². The Morgan fingerprint density at radius 3 is 1.77 bits per heavy atom. The highest BCUT2D eigenvalue weighted by molar-refractivity contribution is 7.86. The first kappa shape index (κ1) is 53.2. The number of azo groups is 3. The number of nitrogens with zero attached hydrogens (tertiary/aromatic N) is 9. The zero-order valence-electron chi connectivity index (χ0n) is 39.4. The Labute approximate surface area is 442 Å². The van der Waals surface area contributed by atoms with Gasteiger partial charge >= 0.3 is 0 Å². The van der Waals surface area contributed by atoms with E-state index in [1.54, 1.807) is 32.0 Å². The second-order valence-electron chi connectivity index (χ2n) is 16.5. The summed E-state index contributed by atoms with van der Waals surface area (Å²) in [6, 6.07) is 36.0. The molecule has 0 aliphatic carbocycles. The Morgan fingerprint density at radius 1 is 0.532 bits per heavy atom. The highest BCUT2D eigenvalue weighted by Gasteiger charge is 2.23. The Balaban J connectivity index is 1.08. The fraction of sp³-hybridized carbons (Fsp3) is 0.0408. The monoisotopic (exact) mass is 1130 g/mol. The highest BCUT2D eigenvalue weighted by Crippen LogP contribution is 2.44. The van der Waals surface area contributed by atoms with E-state index in [0.29, 0.717) is 38.9 Å². The minimum atomic E-state index is -4.89. The van der Waals surface area contributed by atoms with Crippen LogP contribution >= 0.6 is 11.3 Å². The minimum absolute atomic E-state index is 0.00135. The van der Waals surface area contributed by atoms with Crippen LogP contribution in [-0.4, -0.2) is 61.9 Å². The summed E-state index contributed by atoms with van der Waals surface area (Å²) in [5.74, 6) is 0.0106. The molecule has 9 aromatic rings. The largest absolute Gasteiger partial charge is 0.339 e. The van der Waals surface area contributed by atoms with E-state index < -0.39 is 50.3 Å². The molecule has 0 spiro atoms. The third-order valence-corrected chi connectivity index (χ3v) is 15.7. The van der Waals surface area contributed by atoms with E-state index in [1.807, 2.05) is 42.5 Å². The number of anilines is 4. The average Bonchev–Trinajstić information content (AvgIpc) is 3.80. The molecule has 23 nitrogen and oxygen atoms in total. The summed E-state index contributed by atoms with van der Waals surface area (Å²) in [6.45, 7) is 3.27. The van der Waals surface area contributed by atoms with Crippen LogP contribution < -0.4 is 10.6 Å². The molecule has 0 fully saturated rings. The number of nitriles is 1. The molecule has 9 rings (SSSR count). The molecule has 0 saturated heterocycles. The lowest BCUT2D eigenvalue weighted by molar-refractivity contribution is 0.481. The van der Waals surface area contributed by atoms with E-state index >= 15 is 0 Å². The number of rotatable bonds is 15. The van der Waals surface area contributed by atoms with Crippen molar-refractivity contribution in [2.45, 2.75) is 33.4 Å². The van der Waals surface area contributed by atoms with E-state index in [2.05, 4.69) is 52.4 Å². The molecule has 2 aromatic heterocycles. The third kappa shape index (κ3) is 11.9. The first-order valence-corrected chi connectivity index (χ1v) is 28.5. The van der Waals surface area contributed by atoms with Crippen LogP contribution in [0.25, 0.3) is 32.8 Å². The van der Waals surface area contributed by atoms with Crippen molar-refractivity contribution in [3.05, 3.63) is 156 Å². The number of pyridine rings is 1. The van der Waals surface area contributed by atoms with Crippen LogP contribution in [0.4, 0.5) is 55.9 Å². The number of hydrogen-bond acceptors (Lipinski definition) is 20. The van der Waals surface area contributed by atoms with Crippen molar-refractivity contribution in [2.24, 2.45) is 30.7 Å². The summed E-state index contributed by atoms with van der Waals surface area (Å²) in [7, 11) is -18.8. The van der Waals surface area contributed by atoms with E-state index in [1.165, 1.54) is 42.5 Å². The SMILES string of the molecule is Cc1cc(N=Nc2sc(N=Nc3c(Nc4ccc(S(=O)(=O)O)cc4)nc(Nc4ccc(S(=O)(=O)O)cc4)c(C#N)c3C)nc2-c2ccc3ccccc3c2)ccc1N=Nc1cc(S(=O)(=O)O)c2cccc(S(=O)(=O)O)c2c1. The van der Waals surface area contributed by atoms with Crippen molar-refractivity contribution in [1.29, 1.82) is 5.26 Å². The van der Waals surface area contributed by atoms with Gasteiger partial charge in [-0.2, -0.15) is 49.2 Å². The molecular weight excluding hydrogens is 1090 g/mol. The van der Waals surface area contributed by atoms with Gasteiger partial charge in [0.2, 0.25) is 5.13 Å². The van der Waals surface area contributed by atoms with E-state index in [-0.39, 0.29) is 65.5 Å². The summed E-state index contributed by atoms with van der Waals surface area (Å²) < 4.78 is 135. The normalized spacial score (nSPS) is 12.5. The van der Waals surface area contributed by atoms with Crippen molar-refractivity contribution >= 4 is 129 Å². The standard InChI is InChI=1S/C49H35N11O12S5/c1-27-22-34(16-21-41(27)57-56-35-24-39-38(43(25-35)77(70,71)72)8-5-9-42(39)76(67,68)69)55-59-48-45(31-11-10-29-6-3-4-7-30(29)23-31)53-49(73-48)60-58-44-28(2)40(26-50)46(51-32-12-17-36(18-13-32)74(61,62)63)54-47(44)52-33-14-19-37(20-15-33)75(64,65)66/h3-25H,1-2H3,(H2,51,52,54)(H,61,62,63)(H,64,65,66)(H,67,68,69)(H,70,71,72). The van der Waals surface area contributed by atoms with E-state index in [4.69, 9.17) is 4.98 Å². The maximum absolute atomic E-state index is 12.3. The predicted molar refractivity (Wildman–Crippen MR) is 285 cm³/mol. The van der Waals surface area contributed by atoms with Crippen LogP contribution in [0.5, 0.6) is 0 Å². The van der Waals surface area contributed by atoms with Crippen LogP contribution in [-0.2, 0) is 40.5 Å². The van der Waals surface area contributed by atoms with Crippen LogP contribution in [0, 0.1) is 25.2 Å². The van der Waals surface area contributed by atoms with Gasteiger partial charge in [0.05, 0.1) is 32.4 Å². The number of aromatic nitrogens is 2. The lowest BCUT2D eigenvalue weighted by Gasteiger charge is -2.16. The molecule has 0 aliphatic rings. The maximum Gasteiger partial charge on any atom is 0.295 e. The topological polar surface area (TPSA) is 365 Å². The molecule has 388 valence electrons. The molecule has 0 amide bonds. The van der Waals surface area contributed by atoms with Crippen molar-refractivity contribution in [3.8, 4) is 17.3 Å². The van der Waals surface area contributed by atoms with Gasteiger partial charge in [0.15, 0.2) is 16.6 Å². The number of fused-ring (bicyclic) bond motifs is 2. The number of benzene rings is 7. The molecule has 2 heterocycles. The zero-order chi connectivity index (χ0) is 55.0. The number of thiazole rings is 1. The Hall–Kier alpha value is -8.63.